The summed E-state index contributed by atoms with van der Waals surface area (Å²) in [6.45, 7) is 9.56. The van der Waals surface area contributed by atoms with Gasteiger partial charge in [0, 0.05) is 16.3 Å². The number of unbranched alkanes of at least 4 members (excludes halogenated alkanes) is 4. The maximum Gasteiger partial charge on any atom is 0.142 e. The second kappa shape index (κ2) is 8.62. The molecule has 1 heterocycles. The van der Waals surface area contributed by atoms with Crippen LogP contribution < -0.4 is 4.74 Å². The third-order valence-corrected chi connectivity index (χ3v) is 5.42. The second-order valence-electron chi connectivity index (χ2n) is 7.41. The van der Waals surface area contributed by atoms with Gasteiger partial charge in [-0.05, 0) is 56.4 Å². The van der Waals surface area contributed by atoms with Gasteiger partial charge in [-0.2, -0.15) is 0 Å². The predicted octanol–water partition coefficient (Wildman–Crippen LogP) is 7.50. The van der Waals surface area contributed by atoms with Crippen LogP contribution in [-0.4, -0.2) is 6.61 Å². The minimum Gasteiger partial charge on any atom is -0.493 e. The molecule has 0 aliphatic heterocycles. The first-order valence-electron chi connectivity index (χ1n) is 10.2. The van der Waals surface area contributed by atoms with E-state index in [0.29, 0.717) is 0 Å². The topological polar surface area (TPSA) is 22.4 Å². The Hall–Kier alpha value is -1.96. The van der Waals surface area contributed by atoms with Crippen LogP contribution >= 0.6 is 0 Å². The lowest BCUT2D eigenvalue weighted by atomic mass is 10.00. The fraction of sp³-hybridized carbons (Fsp3) is 0.500. The molecule has 0 atom stereocenters. The van der Waals surface area contributed by atoms with Crippen molar-refractivity contribution in [1.82, 2.24) is 0 Å². The highest BCUT2D eigenvalue weighted by atomic mass is 16.5. The lowest BCUT2D eigenvalue weighted by Gasteiger charge is -2.09. The van der Waals surface area contributed by atoms with Crippen LogP contribution in [0.4, 0.5) is 0 Å². The zero-order valence-electron chi connectivity index (χ0n) is 16.8. The summed E-state index contributed by atoms with van der Waals surface area (Å²) < 4.78 is 12.4. The average molecular weight is 353 g/mol. The van der Waals surface area contributed by atoms with Crippen LogP contribution in [0, 0.1) is 13.8 Å². The first kappa shape index (κ1) is 18.8. The van der Waals surface area contributed by atoms with Crippen molar-refractivity contribution in [3.8, 4) is 5.75 Å². The summed E-state index contributed by atoms with van der Waals surface area (Å²) in [4.78, 5) is 0. The number of furan rings is 1. The summed E-state index contributed by atoms with van der Waals surface area (Å²) in [5.41, 5.74) is 5.82. The van der Waals surface area contributed by atoms with Crippen LogP contribution in [0.5, 0.6) is 5.75 Å². The van der Waals surface area contributed by atoms with Gasteiger partial charge in [-0.1, -0.05) is 51.7 Å². The Morgan fingerprint density at radius 1 is 0.769 bits per heavy atom. The molecule has 0 aliphatic rings. The standard InChI is InChI=1S/C24H32O2/c1-5-7-9-10-16-25-22-15-14-21-20-13-12-19(11-8-6-2)17(3)23(20)26-24(21)18(22)4/h12-15H,5-11,16H2,1-4H3. The van der Waals surface area contributed by atoms with Gasteiger partial charge in [-0.25, -0.2) is 0 Å². The van der Waals surface area contributed by atoms with E-state index in [1.54, 1.807) is 0 Å². The number of rotatable bonds is 9. The maximum absolute atomic E-state index is 6.34. The number of hydrogen-bond acceptors (Lipinski definition) is 2. The smallest absolute Gasteiger partial charge is 0.142 e. The second-order valence-corrected chi connectivity index (χ2v) is 7.41. The fourth-order valence-electron chi connectivity index (χ4n) is 3.70. The zero-order chi connectivity index (χ0) is 18.5. The van der Waals surface area contributed by atoms with Gasteiger partial charge in [0.25, 0.3) is 0 Å². The van der Waals surface area contributed by atoms with Gasteiger partial charge in [0.15, 0.2) is 0 Å². The fourth-order valence-corrected chi connectivity index (χ4v) is 3.70. The summed E-state index contributed by atoms with van der Waals surface area (Å²) in [5, 5.41) is 2.41. The lowest BCUT2D eigenvalue weighted by molar-refractivity contribution is 0.303. The van der Waals surface area contributed by atoms with Gasteiger partial charge in [0.2, 0.25) is 0 Å². The molecule has 0 radical (unpaired) electrons. The lowest BCUT2D eigenvalue weighted by Crippen LogP contribution is -1.98. The number of ether oxygens (including phenoxy) is 1. The quantitative estimate of drug-likeness (QED) is 0.372. The number of hydrogen-bond donors (Lipinski definition) is 0. The normalized spacial score (nSPS) is 11.5. The van der Waals surface area contributed by atoms with Crippen molar-refractivity contribution in [3.05, 3.63) is 41.0 Å². The van der Waals surface area contributed by atoms with E-state index >= 15 is 0 Å². The molecule has 2 nitrogen and oxygen atoms in total. The summed E-state index contributed by atoms with van der Waals surface area (Å²) in [5.74, 6) is 0.955. The van der Waals surface area contributed by atoms with Crippen LogP contribution in [-0.2, 0) is 6.42 Å². The van der Waals surface area contributed by atoms with Crippen LogP contribution in [0.1, 0.15) is 69.1 Å². The molecule has 1 aromatic heterocycles. The SMILES string of the molecule is CCCCCCOc1ccc2c(oc3c(C)c(CCCC)ccc32)c1C. The molecule has 0 aliphatic carbocycles. The Morgan fingerprint density at radius 3 is 2.19 bits per heavy atom. The van der Waals surface area contributed by atoms with Crippen molar-refractivity contribution >= 4 is 21.9 Å². The van der Waals surface area contributed by atoms with E-state index in [2.05, 4.69) is 52.0 Å². The molecule has 3 rings (SSSR count). The molecule has 3 aromatic rings. The van der Waals surface area contributed by atoms with E-state index in [1.165, 1.54) is 54.0 Å². The third-order valence-electron chi connectivity index (χ3n) is 5.42. The number of aryl methyl sites for hydroxylation is 3. The summed E-state index contributed by atoms with van der Waals surface area (Å²) >= 11 is 0. The van der Waals surface area contributed by atoms with Crippen LogP contribution in [0.15, 0.2) is 28.7 Å². The predicted molar refractivity (Wildman–Crippen MR) is 111 cm³/mol. The van der Waals surface area contributed by atoms with Crippen LogP contribution in [0.25, 0.3) is 21.9 Å². The van der Waals surface area contributed by atoms with E-state index in [-0.39, 0.29) is 0 Å². The first-order chi connectivity index (χ1) is 12.7. The zero-order valence-corrected chi connectivity index (χ0v) is 16.8. The first-order valence-corrected chi connectivity index (χ1v) is 10.2. The monoisotopic (exact) mass is 352 g/mol. The summed E-state index contributed by atoms with van der Waals surface area (Å²) in [7, 11) is 0. The molecule has 0 bridgehead atoms. The molecule has 2 heteroatoms. The van der Waals surface area contributed by atoms with E-state index in [4.69, 9.17) is 9.15 Å². The highest BCUT2D eigenvalue weighted by Gasteiger charge is 2.15. The number of fused-ring (bicyclic) bond motifs is 3. The third kappa shape index (κ3) is 3.75. The molecule has 0 unspecified atom stereocenters. The average Bonchev–Trinajstić information content (AvgIpc) is 3.03. The van der Waals surface area contributed by atoms with Gasteiger partial charge in [-0.3, -0.25) is 0 Å². The molecule has 0 spiro atoms. The highest BCUT2D eigenvalue weighted by molar-refractivity contribution is 6.07. The largest absolute Gasteiger partial charge is 0.493 e. The van der Waals surface area contributed by atoms with E-state index < -0.39 is 0 Å². The Balaban J connectivity index is 1.90. The molecular formula is C24H32O2. The van der Waals surface area contributed by atoms with Crippen molar-refractivity contribution in [2.75, 3.05) is 6.61 Å². The van der Waals surface area contributed by atoms with Crippen LogP contribution in [0.3, 0.4) is 0 Å². The molecule has 0 N–H and O–H groups in total. The number of benzene rings is 2. The van der Waals surface area contributed by atoms with Gasteiger partial charge in [-0.15, -0.1) is 0 Å². The minimum absolute atomic E-state index is 0.784. The van der Waals surface area contributed by atoms with Gasteiger partial charge < -0.3 is 9.15 Å². The maximum atomic E-state index is 6.34. The molecule has 26 heavy (non-hydrogen) atoms. The van der Waals surface area contributed by atoms with E-state index in [0.717, 1.165) is 41.9 Å². The molecule has 0 amide bonds. The Labute approximate surface area is 157 Å². The van der Waals surface area contributed by atoms with Crippen molar-refractivity contribution < 1.29 is 9.15 Å². The Bertz CT molecular complexity index is 873. The van der Waals surface area contributed by atoms with Crippen molar-refractivity contribution in [1.29, 1.82) is 0 Å². The summed E-state index contributed by atoms with van der Waals surface area (Å²) in [6.07, 6.45) is 8.46. The molecule has 0 fully saturated rings. The van der Waals surface area contributed by atoms with Crippen LogP contribution in [0.2, 0.25) is 0 Å². The molecule has 0 saturated heterocycles. The van der Waals surface area contributed by atoms with E-state index in [9.17, 15) is 0 Å². The van der Waals surface area contributed by atoms with Crippen molar-refractivity contribution in [3.63, 3.8) is 0 Å². The highest BCUT2D eigenvalue weighted by Crippen LogP contribution is 2.37. The van der Waals surface area contributed by atoms with Crippen molar-refractivity contribution in [2.45, 2.75) is 72.6 Å². The molecule has 140 valence electrons. The molecular weight excluding hydrogens is 320 g/mol. The molecule has 2 aromatic carbocycles. The Kier molecular flexibility index (Phi) is 6.24. The Morgan fingerprint density at radius 2 is 1.46 bits per heavy atom. The summed E-state index contributed by atoms with van der Waals surface area (Å²) in [6, 6.07) is 8.76. The van der Waals surface area contributed by atoms with E-state index in [1.807, 2.05) is 0 Å². The van der Waals surface area contributed by atoms with Gasteiger partial charge in [0.05, 0.1) is 6.61 Å². The van der Waals surface area contributed by atoms with Gasteiger partial charge >= 0.3 is 0 Å². The minimum atomic E-state index is 0.784. The molecule has 0 saturated carbocycles. The van der Waals surface area contributed by atoms with Crippen molar-refractivity contribution in [2.24, 2.45) is 0 Å². The van der Waals surface area contributed by atoms with Gasteiger partial charge in [0.1, 0.15) is 16.9 Å².